The Morgan fingerprint density at radius 2 is 1.95 bits per heavy atom. The van der Waals surface area contributed by atoms with E-state index in [0.717, 1.165) is 48.6 Å². The van der Waals surface area contributed by atoms with Gasteiger partial charge < -0.3 is 16.8 Å². The number of anilines is 2. The number of rotatable bonds is 4. The third-order valence-corrected chi connectivity index (χ3v) is 4.35. The van der Waals surface area contributed by atoms with E-state index in [1.807, 2.05) is 24.3 Å². The largest absolute Gasteiger partial charge is 0.383 e. The Balaban J connectivity index is 1.55. The van der Waals surface area contributed by atoms with E-state index in [4.69, 9.17) is 23.1 Å². The summed E-state index contributed by atoms with van der Waals surface area (Å²) in [4.78, 5) is 8.37. The predicted octanol–water partition coefficient (Wildman–Crippen LogP) is 2.19. The van der Waals surface area contributed by atoms with Gasteiger partial charge in [0, 0.05) is 17.1 Å². The fourth-order valence-corrected chi connectivity index (χ4v) is 3.05. The highest BCUT2D eigenvalue weighted by Gasteiger charge is 2.22. The van der Waals surface area contributed by atoms with E-state index in [1.54, 1.807) is 0 Å². The van der Waals surface area contributed by atoms with Crippen LogP contribution in [0.4, 0.5) is 11.8 Å². The average Bonchev–Trinajstić information content (AvgIpc) is 2.50. The smallest absolute Gasteiger partial charge is 0.222 e. The molecule has 1 unspecified atom stereocenters. The first kappa shape index (κ1) is 15.1. The molecule has 0 fully saturated rings. The highest BCUT2D eigenvalue weighted by atomic mass is 35.5. The number of fused-ring (bicyclic) bond motifs is 1. The van der Waals surface area contributed by atoms with Crippen LogP contribution in [0.3, 0.4) is 0 Å². The minimum atomic E-state index is 0.274. The summed E-state index contributed by atoms with van der Waals surface area (Å²) < 4.78 is 0. The summed E-state index contributed by atoms with van der Waals surface area (Å²) in [6.07, 6.45) is 2.92. The van der Waals surface area contributed by atoms with Gasteiger partial charge in [0.1, 0.15) is 5.82 Å². The summed E-state index contributed by atoms with van der Waals surface area (Å²) >= 11 is 5.89. The zero-order valence-electron chi connectivity index (χ0n) is 12.3. The summed E-state index contributed by atoms with van der Waals surface area (Å²) in [5, 5.41) is 4.27. The predicted molar refractivity (Wildman–Crippen MR) is 89.5 cm³/mol. The van der Waals surface area contributed by atoms with Crippen molar-refractivity contribution in [3.63, 3.8) is 0 Å². The van der Waals surface area contributed by atoms with Crippen LogP contribution in [0, 0.1) is 5.92 Å². The zero-order valence-corrected chi connectivity index (χ0v) is 13.1. The van der Waals surface area contributed by atoms with Gasteiger partial charge in [-0.05, 0) is 49.4 Å². The van der Waals surface area contributed by atoms with Crippen LogP contribution in [0.2, 0.25) is 5.02 Å². The van der Waals surface area contributed by atoms with Crippen molar-refractivity contribution >= 4 is 23.4 Å². The quantitative estimate of drug-likeness (QED) is 0.804. The molecule has 0 saturated heterocycles. The Kier molecular flexibility index (Phi) is 4.45. The van der Waals surface area contributed by atoms with Gasteiger partial charge in [0.05, 0.1) is 5.69 Å². The summed E-state index contributed by atoms with van der Waals surface area (Å²) in [6.45, 7) is 1.79. The van der Waals surface area contributed by atoms with Crippen LogP contribution in [0.15, 0.2) is 24.3 Å². The second kappa shape index (κ2) is 6.50. The second-order valence-corrected chi connectivity index (χ2v) is 6.19. The molecule has 1 aliphatic rings. The Labute approximate surface area is 135 Å². The van der Waals surface area contributed by atoms with E-state index >= 15 is 0 Å². The normalized spacial score (nSPS) is 17.2. The second-order valence-electron chi connectivity index (χ2n) is 5.76. The van der Waals surface area contributed by atoms with E-state index < -0.39 is 0 Å². The van der Waals surface area contributed by atoms with Crippen LogP contribution in [0.5, 0.6) is 0 Å². The van der Waals surface area contributed by atoms with Gasteiger partial charge in [-0.3, -0.25) is 0 Å². The Morgan fingerprint density at radius 1 is 1.18 bits per heavy atom. The number of nitrogen functional groups attached to an aromatic ring is 2. The standard InChI is InChI=1S/C16H20ClN5/c17-12-4-1-10(2-5-12)8-20-9-11-3-6-14-13(7-11)15(18)22-16(19)21-14/h1-2,4-5,11,20H,3,6-9H2,(H4,18,19,21,22). The molecule has 2 aromatic rings. The molecule has 5 nitrogen and oxygen atoms in total. The fourth-order valence-electron chi connectivity index (χ4n) is 2.93. The molecule has 1 heterocycles. The summed E-state index contributed by atoms with van der Waals surface area (Å²) in [5.41, 5.74) is 14.9. The molecule has 5 N–H and O–H groups in total. The number of benzene rings is 1. The summed E-state index contributed by atoms with van der Waals surface area (Å²) in [6, 6.07) is 7.91. The monoisotopic (exact) mass is 317 g/mol. The zero-order chi connectivity index (χ0) is 15.5. The molecule has 0 bridgehead atoms. The molecular weight excluding hydrogens is 298 g/mol. The van der Waals surface area contributed by atoms with Gasteiger partial charge in [-0.15, -0.1) is 0 Å². The number of aromatic nitrogens is 2. The van der Waals surface area contributed by atoms with E-state index in [2.05, 4.69) is 15.3 Å². The van der Waals surface area contributed by atoms with E-state index in [1.165, 1.54) is 5.56 Å². The molecule has 116 valence electrons. The lowest BCUT2D eigenvalue weighted by Gasteiger charge is -2.25. The van der Waals surface area contributed by atoms with Crippen LogP contribution >= 0.6 is 11.6 Å². The molecule has 0 spiro atoms. The summed E-state index contributed by atoms with van der Waals surface area (Å²) in [7, 11) is 0. The Hall–Kier alpha value is -1.85. The number of hydrogen-bond donors (Lipinski definition) is 3. The highest BCUT2D eigenvalue weighted by molar-refractivity contribution is 6.30. The van der Waals surface area contributed by atoms with Gasteiger partial charge in [0.15, 0.2) is 0 Å². The number of hydrogen-bond acceptors (Lipinski definition) is 5. The minimum absolute atomic E-state index is 0.274. The van der Waals surface area contributed by atoms with Crippen molar-refractivity contribution in [1.29, 1.82) is 0 Å². The molecule has 1 aliphatic carbocycles. The van der Waals surface area contributed by atoms with Crippen LogP contribution in [-0.4, -0.2) is 16.5 Å². The molecule has 1 atom stereocenters. The van der Waals surface area contributed by atoms with Crippen LogP contribution in [0.1, 0.15) is 23.2 Å². The van der Waals surface area contributed by atoms with Crippen molar-refractivity contribution in [3.8, 4) is 0 Å². The van der Waals surface area contributed by atoms with Crippen molar-refractivity contribution in [3.05, 3.63) is 46.1 Å². The third-order valence-electron chi connectivity index (χ3n) is 4.10. The first-order chi connectivity index (χ1) is 10.6. The number of nitrogens with zero attached hydrogens (tertiary/aromatic N) is 2. The third kappa shape index (κ3) is 3.48. The van der Waals surface area contributed by atoms with Crippen molar-refractivity contribution < 1.29 is 0 Å². The van der Waals surface area contributed by atoms with Crippen LogP contribution < -0.4 is 16.8 Å². The van der Waals surface area contributed by atoms with Crippen molar-refractivity contribution in [2.45, 2.75) is 25.8 Å². The van der Waals surface area contributed by atoms with Gasteiger partial charge in [0.2, 0.25) is 5.95 Å². The molecule has 1 aromatic carbocycles. The molecule has 3 rings (SSSR count). The molecule has 22 heavy (non-hydrogen) atoms. The lowest BCUT2D eigenvalue weighted by molar-refractivity contribution is 0.420. The van der Waals surface area contributed by atoms with Gasteiger partial charge in [-0.2, -0.15) is 4.98 Å². The van der Waals surface area contributed by atoms with E-state index in [0.29, 0.717) is 11.7 Å². The van der Waals surface area contributed by atoms with Crippen LogP contribution in [0.25, 0.3) is 0 Å². The first-order valence-electron chi connectivity index (χ1n) is 7.47. The molecule has 6 heteroatoms. The first-order valence-corrected chi connectivity index (χ1v) is 7.85. The Morgan fingerprint density at radius 3 is 2.73 bits per heavy atom. The average molecular weight is 318 g/mol. The lowest BCUT2D eigenvalue weighted by Crippen LogP contribution is -2.28. The molecule has 0 saturated carbocycles. The SMILES string of the molecule is Nc1nc(N)c2c(n1)CCC(CNCc1ccc(Cl)cc1)C2. The van der Waals surface area contributed by atoms with E-state index in [-0.39, 0.29) is 5.95 Å². The lowest BCUT2D eigenvalue weighted by atomic mass is 9.86. The number of nitrogens with one attached hydrogen (secondary N) is 1. The number of halogens is 1. The van der Waals surface area contributed by atoms with Gasteiger partial charge in [-0.25, -0.2) is 4.98 Å². The van der Waals surface area contributed by atoms with Crippen molar-refractivity contribution in [2.24, 2.45) is 5.92 Å². The molecule has 0 aliphatic heterocycles. The van der Waals surface area contributed by atoms with Gasteiger partial charge >= 0.3 is 0 Å². The molecule has 0 amide bonds. The van der Waals surface area contributed by atoms with Crippen molar-refractivity contribution in [1.82, 2.24) is 15.3 Å². The summed E-state index contributed by atoms with van der Waals surface area (Å²) in [5.74, 6) is 1.36. The molecular formula is C16H20ClN5. The molecule has 0 radical (unpaired) electrons. The number of aryl methyl sites for hydroxylation is 1. The highest BCUT2D eigenvalue weighted by Crippen LogP contribution is 2.27. The van der Waals surface area contributed by atoms with Gasteiger partial charge in [0.25, 0.3) is 0 Å². The molecule has 1 aromatic heterocycles. The number of nitrogens with two attached hydrogens (primary N) is 2. The minimum Gasteiger partial charge on any atom is -0.383 e. The maximum absolute atomic E-state index is 5.97. The van der Waals surface area contributed by atoms with E-state index in [9.17, 15) is 0 Å². The van der Waals surface area contributed by atoms with Crippen molar-refractivity contribution in [2.75, 3.05) is 18.0 Å². The van der Waals surface area contributed by atoms with Gasteiger partial charge in [-0.1, -0.05) is 23.7 Å². The Bertz CT molecular complexity index is 656. The maximum Gasteiger partial charge on any atom is 0.222 e. The fraction of sp³-hybridized carbons (Fsp3) is 0.375. The van der Waals surface area contributed by atoms with Crippen LogP contribution in [-0.2, 0) is 19.4 Å². The topological polar surface area (TPSA) is 89.8 Å². The maximum atomic E-state index is 5.97.